The van der Waals surface area contributed by atoms with Gasteiger partial charge in [0.15, 0.2) is 75.5 Å². The number of aliphatic hydroxyl groups excluding tert-OH is 30. The minimum Gasteiger partial charge on any atom is -0.394 e. The number of hydrogen-bond acceptors (Lipinski definition) is 57. The van der Waals surface area contributed by atoms with Crippen LogP contribution in [0.4, 0.5) is 0 Å². The Balaban J connectivity index is 0.954. The van der Waals surface area contributed by atoms with Gasteiger partial charge in [-0.1, -0.05) is 0 Å². The van der Waals surface area contributed by atoms with Crippen molar-refractivity contribution in [3.8, 4) is 0 Å². The van der Waals surface area contributed by atoms with Gasteiger partial charge in [0.05, 0.1) is 77.8 Å². The monoisotopic (exact) mass is 2050 g/mol. The highest BCUT2D eigenvalue weighted by molar-refractivity contribution is 5.74. The van der Waals surface area contributed by atoms with E-state index < -0.39 is 445 Å². The van der Waals surface area contributed by atoms with E-state index in [1.165, 1.54) is 20.8 Å². The maximum absolute atomic E-state index is 13.7. The Morgan fingerprint density at radius 3 is 0.843 bits per heavy atom. The number of amides is 4. The lowest BCUT2D eigenvalue weighted by atomic mass is 9.93. The second-order valence-electron chi connectivity index (χ2n) is 36.0. The first-order chi connectivity index (χ1) is 66.2. The van der Waals surface area contributed by atoms with E-state index in [2.05, 4.69) is 21.3 Å². The molecule has 810 valence electrons. The van der Waals surface area contributed by atoms with E-state index >= 15 is 0 Å². The van der Waals surface area contributed by atoms with Gasteiger partial charge in [-0.3, -0.25) is 19.2 Å². The lowest BCUT2D eigenvalue weighted by Crippen LogP contribution is -2.71. The SMILES string of the molecule is CC(=O)N[C@H]1[C@H](O[C@@H]2[C@@H](O[C@H]3[C@H](O)[C@@H](CO[C@H]4O[C@H](CO)[C@@H](O)[C@H](O)[C@@H]4O[C@@H]4O[C@H](CO)[C@@H](O[C@@H]5O[C@@H](C)[C@@H](O)[C@@H](O)[C@@H]5O)[C@H](O[C@@H]5O[C@H](CO)[C@H](O)[C@H](O)[C@H]5O)[C@H]4NC(C)=O)O[C@@H](O[C@H]4[C@H](O)[C@@H](NC(C)=O)[C@H](O[C@H]5[C@H](O[C@@H]6O[C@@H](C)[C@@H](O)[C@@H](O)[C@@H]6O)[C@@H](NC(C)=O)C(O)O[C@@H]5CO)O[C@@H]4CO)[C@H]3O[C@@H]3O[C@H](CO)[C@H](O)[C@H]3O)O[C@H](CO)[C@@H](O)[C@@H]2O)O[C@H](CO)[C@@H](O[C@@H]2O[C@@H](C)[C@@H](O)[C@@H](O)[C@@H]2O)[C@@H]1O. The zero-order valence-electron chi connectivity index (χ0n) is 75.9. The average molecular weight is 2050 g/mol. The van der Waals surface area contributed by atoms with Gasteiger partial charge in [-0.25, -0.2) is 0 Å². The van der Waals surface area contributed by atoms with Gasteiger partial charge in [0, 0.05) is 27.7 Å². The van der Waals surface area contributed by atoms with Crippen LogP contribution >= 0.6 is 0 Å². The molecule has 12 rings (SSSR count). The predicted molar refractivity (Wildman–Crippen MR) is 431 cm³/mol. The van der Waals surface area contributed by atoms with Crippen LogP contribution in [0.25, 0.3) is 0 Å². The molecule has 0 aromatic carbocycles. The molecule has 61 nitrogen and oxygen atoms in total. The third-order valence-corrected chi connectivity index (χ3v) is 26.2. The fraction of sp³-hybridized carbons (Fsp3) is 0.949. The van der Waals surface area contributed by atoms with Crippen LogP contribution < -0.4 is 21.3 Å². The highest BCUT2D eigenvalue weighted by Crippen LogP contribution is 2.44. The van der Waals surface area contributed by atoms with Crippen molar-refractivity contribution in [1.82, 2.24) is 21.3 Å². The second kappa shape index (κ2) is 49.5. The highest BCUT2D eigenvalue weighted by atomic mass is 16.8. The Hall–Kier alpha value is -4.24. The third kappa shape index (κ3) is 24.7. The van der Waals surface area contributed by atoms with Crippen molar-refractivity contribution >= 4 is 23.6 Å². The first-order valence-corrected chi connectivity index (χ1v) is 45.1. The van der Waals surface area contributed by atoms with E-state index in [0.29, 0.717) is 0 Å². The average Bonchev–Trinajstić information content (AvgIpc) is 0.981. The molecule has 12 aliphatic heterocycles. The zero-order valence-corrected chi connectivity index (χ0v) is 75.9. The van der Waals surface area contributed by atoms with Gasteiger partial charge in [-0.2, -0.15) is 0 Å². The van der Waals surface area contributed by atoms with Gasteiger partial charge < -0.3 is 283 Å². The van der Waals surface area contributed by atoms with Crippen LogP contribution in [-0.2, 0) is 128 Å². The van der Waals surface area contributed by atoms with Crippen molar-refractivity contribution in [3.63, 3.8) is 0 Å². The van der Waals surface area contributed by atoms with Crippen LogP contribution in [0.2, 0.25) is 0 Å². The van der Waals surface area contributed by atoms with Crippen LogP contribution in [0.15, 0.2) is 0 Å². The molecular formula is C79H132N4O57. The van der Waals surface area contributed by atoms with Gasteiger partial charge in [0.25, 0.3) is 0 Å². The molecule has 12 fully saturated rings. The molecule has 12 saturated heterocycles. The van der Waals surface area contributed by atoms with E-state index in [0.717, 1.165) is 27.7 Å². The fourth-order valence-electron chi connectivity index (χ4n) is 18.5. The number of aliphatic hydroxyl groups is 30. The third-order valence-electron chi connectivity index (χ3n) is 26.2. The Morgan fingerprint density at radius 1 is 0.200 bits per heavy atom. The highest BCUT2D eigenvalue weighted by Gasteiger charge is 2.64. The number of ether oxygens (including phenoxy) is 23. The minimum atomic E-state index is -2.69. The molecule has 0 radical (unpaired) electrons. The first-order valence-electron chi connectivity index (χ1n) is 45.1. The van der Waals surface area contributed by atoms with E-state index in [9.17, 15) is 172 Å². The summed E-state index contributed by atoms with van der Waals surface area (Å²) in [5.41, 5.74) is 0. The smallest absolute Gasteiger partial charge is 0.217 e. The second-order valence-corrected chi connectivity index (χ2v) is 36.0. The number of hydrogen-bond donors (Lipinski definition) is 34. The van der Waals surface area contributed by atoms with E-state index in [1.807, 2.05) is 0 Å². The summed E-state index contributed by atoms with van der Waals surface area (Å²) >= 11 is 0. The molecule has 12 heterocycles. The van der Waals surface area contributed by atoms with Crippen LogP contribution in [0, 0.1) is 0 Å². The molecule has 0 aliphatic carbocycles. The largest absolute Gasteiger partial charge is 0.394 e. The van der Waals surface area contributed by atoms with Crippen LogP contribution in [0.3, 0.4) is 0 Å². The van der Waals surface area contributed by atoms with Crippen LogP contribution in [0.1, 0.15) is 48.5 Å². The molecule has 140 heavy (non-hydrogen) atoms. The molecule has 0 aromatic heterocycles. The summed E-state index contributed by atoms with van der Waals surface area (Å²) in [4.78, 5) is 53.5. The van der Waals surface area contributed by atoms with Gasteiger partial charge >= 0.3 is 0 Å². The molecule has 1 unspecified atom stereocenters. The minimum absolute atomic E-state index is 0.884. The molecule has 0 aromatic rings. The van der Waals surface area contributed by atoms with Crippen molar-refractivity contribution in [3.05, 3.63) is 0 Å². The summed E-state index contributed by atoms with van der Waals surface area (Å²) in [6, 6.07) is -8.12. The first kappa shape index (κ1) is 114. The predicted octanol–water partition coefficient (Wildman–Crippen LogP) is -22.9. The Labute approximate surface area is 793 Å². The van der Waals surface area contributed by atoms with E-state index in [1.54, 1.807) is 0 Å². The van der Waals surface area contributed by atoms with Gasteiger partial charge in [-0.15, -0.1) is 0 Å². The van der Waals surface area contributed by atoms with Gasteiger partial charge in [-0.05, 0) is 20.8 Å². The van der Waals surface area contributed by atoms with Crippen LogP contribution in [-0.4, -0.2) is 598 Å². The zero-order chi connectivity index (χ0) is 103. The lowest BCUT2D eigenvalue weighted by Gasteiger charge is -2.52. The normalized spacial score (nSPS) is 50.9. The molecule has 12 aliphatic rings. The van der Waals surface area contributed by atoms with Crippen molar-refractivity contribution < 1.29 is 281 Å². The topological polar surface area (TPSA) is 936 Å². The molecule has 4 amide bonds. The standard InChI is InChI=1S/C79H132N4O57/c1-17-37(96)47(106)54(113)72(119-17)131-58-28(12-88)128-70(34(45(58)104)81-21(5)93)139-66-52(111)42(101)26(10-86)126-78(66)137-64-44(103)32(16-118-77-65(51(110)41(100)25(9-85)125-77)138-71-36(83-23(7)95)63(136-76-57(116)50(109)40(99)24(8-84)123-76)61(31(15-91)129-71)134-73-55(114)48(107)38(97)18(2)120-73)130-79(67(64)140-75-53(112)43(102)27(11-87)124-75)132-59-29(13-89)127-69(33(46(59)105)80-20(4)92)133-60-30(14-90)122-68(117)35(82-22(6)94)62(60)135-74-56(115)49(108)39(98)19(3)121-74/h17-19,24-79,84-91,96-117H,8-16H2,1-7H3,(H,80,92)(H,81,93)(H,82,94)(H,83,95)/t17-,18-,19-,24+,25+,26+,27+,28+,29+,30+,31+,32+,33+,34+,35+,36+,37+,38+,39+,40-,41+,42+,43-,44+,45+,46+,47+,48+,49+,50-,51-,52-,53+,54-,55-,56-,57+,58+,59+,60+,61+,62+,63+,64-,65-,66-,67-,68?,69-,70-,71-,72-,73-,74-,75-,76-,77-,78+,79-/m0/s1. The van der Waals surface area contributed by atoms with Crippen molar-refractivity contribution in [2.24, 2.45) is 0 Å². The number of nitrogens with one attached hydrogen (secondary N) is 4. The van der Waals surface area contributed by atoms with Crippen molar-refractivity contribution in [2.75, 3.05) is 59.5 Å². The molecule has 0 saturated carbocycles. The Morgan fingerprint density at radius 2 is 0.443 bits per heavy atom. The summed E-state index contributed by atoms with van der Waals surface area (Å²) in [7, 11) is 0. The quantitative estimate of drug-likeness (QED) is 0.0280. The number of carbonyl (C=O) groups excluding carboxylic acids is 4. The summed E-state index contributed by atoms with van der Waals surface area (Å²) in [6.45, 7) is -3.67. The van der Waals surface area contributed by atoms with Gasteiger partial charge in [0.1, 0.15) is 268 Å². The molecule has 0 spiro atoms. The molecule has 34 N–H and O–H groups in total. The number of carbonyl (C=O) groups is 4. The molecule has 0 bridgehead atoms. The summed E-state index contributed by atoms with van der Waals surface area (Å²) in [5.74, 6) is -4.02. The maximum Gasteiger partial charge on any atom is 0.217 e. The Bertz CT molecular complexity index is 3880. The lowest BCUT2D eigenvalue weighted by molar-refractivity contribution is -0.409. The van der Waals surface area contributed by atoms with Crippen molar-refractivity contribution in [2.45, 2.75) is 411 Å². The molecule has 61 heteroatoms. The Kier molecular flexibility index (Phi) is 40.5. The van der Waals surface area contributed by atoms with E-state index in [-0.39, 0.29) is 0 Å². The van der Waals surface area contributed by atoms with Gasteiger partial charge in [0.2, 0.25) is 23.6 Å². The summed E-state index contributed by atoms with van der Waals surface area (Å²) in [6.07, 6.45) is -118. The molecular weight excluding hydrogens is 1920 g/mol. The van der Waals surface area contributed by atoms with Crippen LogP contribution in [0.5, 0.6) is 0 Å². The number of rotatable bonds is 35. The maximum atomic E-state index is 13.7. The fourth-order valence-corrected chi connectivity index (χ4v) is 18.5. The summed E-state index contributed by atoms with van der Waals surface area (Å²) in [5, 5.41) is 350. The van der Waals surface area contributed by atoms with E-state index in [4.69, 9.17) is 109 Å². The summed E-state index contributed by atoms with van der Waals surface area (Å²) < 4.78 is 141. The van der Waals surface area contributed by atoms with Crippen molar-refractivity contribution in [1.29, 1.82) is 0 Å². The molecule has 59 atom stereocenters.